The van der Waals surface area contributed by atoms with Gasteiger partial charge in [-0.05, 0) is 50.1 Å². The van der Waals surface area contributed by atoms with Gasteiger partial charge in [0.1, 0.15) is 0 Å². The second-order valence-electron chi connectivity index (χ2n) is 6.18. The number of nitrogens with zero attached hydrogens (tertiary/aromatic N) is 2. The van der Waals surface area contributed by atoms with Gasteiger partial charge in [-0.3, -0.25) is 4.79 Å². The first-order valence-electron chi connectivity index (χ1n) is 8.24. The van der Waals surface area contributed by atoms with Gasteiger partial charge in [0.05, 0.1) is 0 Å². The molecule has 1 N–H and O–H groups in total. The highest BCUT2D eigenvalue weighted by atomic mass is 35.5. The Labute approximate surface area is 137 Å². The maximum Gasteiger partial charge on any atom is 0.222 e. The molecule has 2 saturated heterocycles. The molecule has 120 valence electrons. The molecule has 22 heavy (non-hydrogen) atoms. The minimum atomic E-state index is 0.310. The van der Waals surface area contributed by atoms with E-state index in [2.05, 4.69) is 10.2 Å². The van der Waals surface area contributed by atoms with Crippen LogP contribution in [0.15, 0.2) is 24.3 Å². The quantitative estimate of drug-likeness (QED) is 0.925. The van der Waals surface area contributed by atoms with Gasteiger partial charge in [-0.1, -0.05) is 11.6 Å². The number of amides is 1. The lowest BCUT2D eigenvalue weighted by Crippen LogP contribution is -2.49. The van der Waals surface area contributed by atoms with Gasteiger partial charge < -0.3 is 15.1 Å². The van der Waals surface area contributed by atoms with Crippen LogP contribution >= 0.6 is 11.6 Å². The molecule has 5 heteroatoms. The summed E-state index contributed by atoms with van der Waals surface area (Å²) in [7, 11) is 0. The Hall–Kier alpha value is -1.26. The Bertz CT molecular complexity index is 491. The zero-order valence-electron chi connectivity index (χ0n) is 12.9. The summed E-state index contributed by atoms with van der Waals surface area (Å²) in [6.45, 7) is 4.54. The maximum atomic E-state index is 12.3. The van der Waals surface area contributed by atoms with Crippen LogP contribution in [0.25, 0.3) is 0 Å². The lowest BCUT2D eigenvalue weighted by molar-refractivity contribution is -0.131. The normalized spacial score (nSPS) is 22.1. The largest absolute Gasteiger partial charge is 0.368 e. The molecule has 2 aliphatic heterocycles. The van der Waals surface area contributed by atoms with Crippen molar-refractivity contribution < 1.29 is 4.79 Å². The van der Waals surface area contributed by atoms with E-state index in [0.29, 0.717) is 18.4 Å². The Morgan fingerprint density at radius 3 is 2.55 bits per heavy atom. The first-order chi connectivity index (χ1) is 10.7. The summed E-state index contributed by atoms with van der Waals surface area (Å²) in [5.74, 6) is 0.310. The summed E-state index contributed by atoms with van der Waals surface area (Å²) >= 11 is 5.93. The molecule has 2 heterocycles. The molecule has 4 nitrogen and oxygen atoms in total. The first-order valence-corrected chi connectivity index (χ1v) is 8.62. The molecule has 2 fully saturated rings. The number of anilines is 1. The Kier molecular flexibility index (Phi) is 5.21. The van der Waals surface area contributed by atoms with Crippen LogP contribution in [-0.4, -0.2) is 49.6 Å². The van der Waals surface area contributed by atoms with Crippen LogP contribution in [0.2, 0.25) is 5.02 Å². The molecule has 0 aromatic heterocycles. The second-order valence-corrected chi connectivity index (χ2v) is 6.61. The van der Waals surface area contributed by atoms with Crippen LogP contribution < -0.4 is 10.2 Å². The third-order valence-corrected chi connectivity index (χ3v) is 4.95. The van der Waals surface area contributed by atoms with Gasteiger partial charge in [0, 0.05) is 49.4 Å². The Morgan fingerprint density at radius 1 is 1.18 bits per heavy atom. The number of halogens is 1. The van der Waals surface area contributed by atoms with Gasteiger partial charge >= 0.3 is 0 Å². The minimum absolute atomic E-state index is 0.310. The molecule has 1 aromatic carbocycles. The molecular weight excluding hydrogens is 298 g/mol. The first kappa shape index (κ1) is 15.6. The number of nitrogens with one attached hydrogen (secondary N) is 1. The lowest BCUT2D eigenvalue weighted by Gasteiger charge is -2.36. The molecule has 0 saturated carbocycles. The monoisotopic (exact) mass is 321 g/mol. The van der Waals surface area contributed by atoms with Gasteiger partial charge in [0.25, 0.3) is 0 Å². The van der Waals surface area contributed by atoms with Crippen molar-refractivity contribution in [3.8, 4) is 0 Å². The standard InChI is InChI=1S/C17H24ClN3O/c18-14-3-6-16(7-4-14)20-10-12-21(13-11-20)17(22)8-5-15-2-1-9-19-15/h3-4,6-7,15,19H,1-2,5,8-13H2. The van der Waals surface area contributed by atoms with Gasteiger partial charge in [-0.25, -0.2) is 0 Å². The predicted octanol–water partition coefficient (Wildman–Crippen LogP) is 2.52. The van der Waals surface area contributed by atoms with Gasteiger partial charge in [-0.15, -0.1) is 0 Å². The van der Waals surface area contributed by atoms with E-state index in [4.69, 9.17) is 11.6 Å². The van der Waals surface area contributed by atoms with E-state index in [0.717, 1.165) is 44.2 Å². The van der Waals surface area contributed by atoms with E-state index < -0.39 is 0 Å². The molecule has 1 unspecified atom stereocenters. The molecule has 3 rings (SSSR count). The smallest absolute Gasteiger partial charge is 0.222 e. The molecule has 2 aliphatic rings. The summed E-state index contributed by atoms with van der Waals surface area (Å²) in [5.41, 5.74) is 1.19. The van der Waals surface area contributed by atoms with Crippen molar-refractivity contribution in [3.05, 3.63) is 29.3 Å². The zero-order valence-corrected chi connectivity index (χ0v) is 13.7. The highest BCUT2D eigenvalue weighted by molar-refractivity contribution is 6.30. The van der Waals surface area contributed by atoms with Crippen molar-refractivity contribution in [2.45, 2.75) is 31.7 Å². The van der Waals surface area contributed by atoms with Crippen LogP contribution in [0, 0.1) is 0 Å². The van der Waals surface area contributed by atoms with Crippen LogP contribution in [0.5, 0.6) is 0 Å². The van der Waals surface area contributed by atoms with Crippen molar-refractivity contribution in [1.29, 1.82) is 0 Å². The summed E-state index contributed by atoms with van der Waals surface area (Å²) in [6.07, 6.45) is 4.13. The molecule has 0 bridgehead atoms. The fraction of sp³-hybridized carbons (Fsp3) is 0.588. The third kappa shape index (κ3) is 3.93. The number of benzene rings is 1. The summed E-state index contributed by atoms with van der Waals surface area (Å²) < 4.78 is 0. The van der Waals surface area contributed by atoms with E-state index in [1.54, 1.807) is 0 Å². The highest BCUT2D eigenvalue weighted by Crippen LogP contribution is 2.20. The number of hydrogen-bond donors (Lipinski definition) is 1. The predicted molar refractivity (Wildman–Crippen MR) is 90.5 cm³/mol. The van der Waals surface area contributed by atoms with E-state index >= 15 is 0 Å². The third-order valence-electron chi connectivity index (χ3n) is 4.69. The van der Waals surface area contributed by atoms with Gasteiger partial charge in [0.15, 0.2) is 0 Å². The average Bonchev–Trinajstić information content (AvgIpc) is 3.07. The van der Waals surface area contributed by atoms with Crippen molar-refractivity contribution in [2.24, 2.45) is 0 Å². The lowest BCUT2D eigenvalue weighted by atomic mass is 10.1. The fourth-order valence-corrected chi connectivity index (χ4v) is 3.45. The van der Waals surface area contributed by atoms with Crippen LogP contribution in [0.1, 0.15) is 25.7 Å². The van der Waals surface area contributed by atoms with Crippen LogP contribution in [0.3, 0.4) is 0 Å². The number of rotatable bonds is 4. The van der Waals surface area contributed by atoms with E-state index in [1.165, 1.54) is 18.5 Å². The summed E-state index contributed by atoms with van der Waals surface area (Å²) in [5, 5.41) is 4.22. The Balaban J connectivity index is 1.44. The summed E-state index contributed by atoms with van der Waals surface area (Å²) in [4.78, 5) is 16.6. The van der Waals surface area contributed by atoms with E-state index in [9.17, 15) is 4.79 Å². The number of piperazine rings is 1. The van der Waals surface area contributed by atoms with Crippen LogP contribution in [0.4, 0.5) is 5.69 Å². The molecule has 1 atom stereocenters. The molecule has 0 aliphatic carbocycles. The van der Waals surface area contributed by atoms with Crippen molar-refractivity contribution in [1.82, 2.24) is 10.2 Å². The maximum absolute atomic E-state index is 12.3. The number of hydrogen-bond acceptors (Lipinski definition) is 3. The highest BCUT2D eigenvalue weighted by Gasteiger charge is 2.22. The van der Waals surface area contributed by atoms with E-state index in [1.807, 2.05) is 29.2 Å². The zero-order chi connectivity index (χ0) is 15.4. The minimum Gasteiger partial charge on any atom is -0.368 e. The van der Waals surface area contributed by atoms with E-state index in [-0.39, 0.29) is 0 Å². The molecule has 0 spiro atoms. The van der Waals surface area contributed by atoms with Gasteiger partial charge in [-0.2, -0.15) is 0 Å². The Morgan fingerprint density at radius 2 is 1.91 bits per heavy atom. The van der Waals surface area contributed by atoms with Gasteiger partial charge in [0.2, 0.25) is 5.91 Å². The van der Waals surface area contributed by atoms with Crippen molar-refractivity contribution >= 4 is 23.2 Å². The molecule has 1 amide bonds. The SMILES string of the molecule is O=C(CCC1CCCN1)N1CCN(c2ccc(Cl)cc2)CC1. The number of carbonyl (C=O) groups is 1. The number of carbonyl (C=O) groups excluding carboxylic acids is 1. The topological polar surface area (TPSA) is 35.6 Å². The second kappa shape index (κ2) is 7.34. The molecule has 1 aromatic rings. The average molecular weight is 322 g/mol. The van der Waals surface area contributed by atoms with Crippen molar-refractivity contribution in [3.63, 3.8) is 0 Å². The summed E-state index contributed by atoms with van der Waals surface area (Å²) in [6, 6.07) is 8.49. The molecular formula is C17H24ClN3O. The molecule has 0 radical (unpaired) electrons. The van der Waals surface area contributed by atoms with Crippen LogP contribution in [-0.2, 0) is 4.79 Å². The fourth-order valence-electron chi connectivity index (χ4n) is 3.32. The van der Waals surface area contributed by atoms with Crippen molar-refractivity contribution in [2.75, 3.05) is 37.6 Å².